The molecule has 0 saturated carbocycles. The predicted octanol–water partition coefficient (Wildman–Crippen LogP) is 2.70. The van der Waals surface area contributed by atoms with Crippen LogP contribution in [0.1, 0.15) is 15.9 Å². The lowest BCUT2D eigenvalue weighted by Crippen LogP contribution is -2.46. The first-order chi connectivity index (χ1) is 12.6. The third-order valence-corrected chi connectivity index (χ3v) is 4.63. The summed E-state index contributed by atoms with van der Waals surface area (Å²) in [6, 6.07) is 14.7. The largest absolute Gasteiger partial charge is 0.465 e. The van der Waals surface area contributed by atoms with Crippen molar-refractivity contribution in [3.8, 4) is 0 Å². The number of nitro benzene ring substituents is 1. The van der Waals surface area contributed by atoms with Crippen LogP contribution in [0.3, 0.4) is 0 Å². The van der Waals surface area contributed by atoms with Gasteiger partial charge in [0.2, 0.25) is 0 Å². The van der Waals surface area contributed by atoms with Gasteiger partial charge in [0, 0.05) is 44.5 Å². The Bertz CT molecular complexity index is 787. The van der Waals surface area contributed by atoms with Crippen LogP contribution in [0.4, 0.5) is 11.4 Å². The summed E-state index contributed by atoms with van der Waals surface area (Å²) in [5.41, 5.74) is 1.80. The first-order valence-corrected chi connectivity index (χ1v) is 8.47. The van der Waals surface area contributed by atoms with Crippen molar-refractivity contribution < 1.29 is 14.5 Å². The second-order valence-electron chi connectivity index (χ2n) is 6.15. The van der Waals surface area contributed by atoms with Crippen LogP contribution in [0.2, 0.25) is 0 Å². The topological polar surface area (TPSA) is 75.9 Å². The fourth-order valence-corrected chi connectivity index (χ4v) is 3.24. The molecule has 0 amide bonds. The monoisotopic (exact) mass is 355 g/mol. The smallest absolute Gasteiger partial charge is 0.338 e. The van der Waals surface area contributed by atoms with Gasteiger partial charge in [-0.25, -0.2) is 4.79 Å². The van der Waals surface area contributed by atoms with Gasteiger partial charge in [0.05, 0.1) is 23.2 Å². The van der Waals surface area contributed by atoms with Gasteiger partial charge < -0.3 is 9.64 Å². The number of carbonyl (C=O) groups is 1. The summed E-state index contributed by atoms with van der Waals surface area (Å²) in [5, 5.41) is 11.4. The Balaban J connectivity index is 1.75. The molecule has 7 heteroatoms. The maximum Gasteiger partial charge on any atom is 0.338 e. The van der Waals surface area contributed by atoms with Crippen molar-refractivity contribution >= 4 is 17.3 Å². The number of ether oxygens (including phenoxy) is 1. The zero-order valence-electron chi connectivity index (χ0n) is 14.6. The third kappa shape index (κ3) is 3.83. The summed E-state index contributed by atoms with van der Waals surface area (Å²) in [4.78, 5) is 27.4. The van der Waals surface area contributed by atoms with Crippen molar-refractivity contribution in [3.63, 3.8) is 0 Å². The molecule has 1 saturated heterocycles. The van der Waals surface area contributed by atoms with E-state index in [1.807, 2.05) is 18.2 Å². The first kappa shape index (κ1) is 17.9. The molecule has 7 nitrogen and oxygen atoms in total. The van der Waals surface area contributed by atoms with Crippen LogP contribution in [0, 0.1) is 10.1 Å². The minimum absolute atomic E-state index is 0.0432. The molecule has 2 aromatic rings. The van der Waals surface area contributed by atoms with Gasteiger partial charge in [-0.15, -0.1) is 0 Å². The molecule has 0 bridgehead atoms. The molecule has 1 heterocycles. The van der Waals surface area contributed by atoms with Gasteiger partial charge in [0.1, 0.15) is 0 Å². The molecule has 1 fully saturated rings. The molecule has 0 unspecified atom stereocenters. The second kappa shape index (κ2) is 7.97. The Kier molecular flexibility index (Phi) is 5.48. The normalized spacial score (nSPS) is 14.9. The number of nitrogens with zero attached hydrogens (tertiary/aromatic N) is 3. The maximum atomic E-state index is 12.0. The third-order valence-electron chi connectivity index (χ3n) is 4.63. The van der Waals surface area contributed by atoms with Crippen LogP contribution in [0.25, 0.3) is 0 Å². The van der Waals surface area contributed by atoms with Crippen molar-refractivity contribution in [2.45, 2.75) is 6.54 Å². The van der Waals surface area contributed by atoms with Gasteiger partial charge in [-0.05, 0) is 18.2 Å². The number of piperazine rings is 1. The minimum atomic E-state index is -0.549. The summed E-state index contributed by atoms with van der Waals surface area (Å²) < 4.78 is 4.79. The minimum Gasteiger partial charge on any atom is -0.465 e. The average molecular weight is 355 g/mol. The molecule has 0 aliphatic carbocycles. The van der Waals surface area contributed by atoms with E-state index in [0.29, 0.717) is 12.1 Å². The average Bonchev–Trinajstić information content (AvgIpc) is 2.68. The molecule has 1 aliphatic heterocycles. The van der Waals surface area contributed by atoms with Gasteiger partial charge in [-0.1, -0.05) is 24.3 Å². The van der Waals surface area contributed by atoms with Crippen molar-refractivity contribution in [2.75, 3.05) is 38.2 Å². The summed E-state index contributed by atoms with van der Waals surface area (Å²) in [7, 11) is 1.28. The van der Waals surface area contributed by atoms with Gasteiger partial charge in [0.25, 0.3) is 5.69 Å². The van der Waals surface area contributed by atoms with Gasteiger partial charge in [0.15, 0.2) is 0 Å². The van der Waals surface area contributed by atoms with Crippen LogP contribution >= 0.6 is 0 Å². The summed E-state index contributed by atoms with van der Waals surface area (Å²) in [6.45, 7) is 3.55. The molecular weight excluding hydrogens is 334 g/mol. The van der Waals surface area contributed by atoms with Crippen molar-refractivity contribution in [3.05, 3.63) is 69.8 Å². The van der Waals surface area contributed by atoms with E-state index in [2.05, 4.69) is 21.9 Å². The van der Waals surface area contributed by atoms with Crippen molar-refractivity contribution in [1.29, 1.82) is 0 Å². The fraction of sp³-hybridized carbons (Fsp3) is 0.316. The molecule has 26 heavy (non-hydrogen) atoms. The van der Waals surface area contributed by atoms with Crippen LogP contribution in [-0.2, 0) is 11.3 Å². The number of benzene rings is 2. The maximum absolute atomic E-state index is 12.0. The summed E-state index contributed by atoms with van der Waals surface area (Å²) >= 11 is 0. The molecule has 0 radical (unpaired) electrons. The number of methoxy groups -OCH3 is 1. The zero-order valence-corrected chi connectivity index (χ0v) is 14.6. The van der Waals surface area contributed by atoms with Crippen LogP contribution in [0.15, 0.2) is 48.5 Å². The Morgan fingerprint density at radius 2 is 1.77 bits per heavy atom. The van der Waals surface area contributed by atoms with Crippen molar-refractivity contribution in [2.24, 2.45) is 0 Å². The molecule has 1 aliphatic rings. The lowest BCUT2D eigenvalue weighted by Gasteiger charge is -2.36. The van der Waals surface area contributed by atoms with E-state index in [1.54, 1.807) is 6.07 Å². The van der Waals surface area contributed by atoms with Crippen LogP contribution in [0.5, 0.6) is 0 Å². The highest BCUT2D eigenvalue weighted by molar-refractivity contribution is 5.92. The summed E-state index contributed by atoms with van der Waals surface area (Å²) in [6.07, 6.45) is 0. The Hall–Kier alpha value is -2.93. The number of anilines is 1. The van der Waals surface area contributed by atoms with E-state index in [4.69, 9.17) is 4.74 Å². The molecule has 0 spiro atoms. The van der Waals surface area contributed by atoms with E-state index in [-0.39, 0.29) is 11.3 Å². The standard InChI is InChI=1S/C19H21N3O4/c1-26-19(23)16-8-5-9-18(22(24)25)17(16)14-20-10-12-21(13-11-20)15-6-3-2-4-7-15/h2-9H,10-14H2,1H3. The fourth-order valence-electron chi connectivity index (χ4n) is 3.24. The van der Waals surface area contributed by atoms with E-state index >= 15 is 0 Å². The van der Waals surface area contributed by atoms with E-state index < -0.39 is 10.9 Å². The first-order valence-electron chi connectivity index (χ1n) is 8.47. The predicted molar refractivity (Wildman–Crippen MR) is 98.4 cm³/mol. The van der Waals surface area contributed by atoms with Crippen LogP contribution in [-0.4, -0.2) is 49.1 Å². The number of para-hydroxylation sites is 1. The van der Waals surface area contributed by atoms with Crippen molar-refractivity contribution in [1.82, 2.24) is 4.90 Å². The van der Waals surface area contributed by atoms with Gasteiger partial charge in [-0.2, -0.15) is 0 Å². The second-order valence-corrected chi connectivity index (χ2v) is 6.15. The quantitative estimate of drug-likeness (QED) is 0.466. The van der Waals surface area contributed by atoms with Gasteiger partial charge >= 0.3 is 5.97 Å². The Morgan fingerprint density at radius 3 is 2.38 bits per heavy atom. The number of hydrogen-bond donors (Lipinski definition) is 0. The molecule has 0 N–H and O–H groups in total. The molecule has 136 valence electrons. The Morgan fingerprint density at radius 1 is 1.08 bits per heavy atom. The molecule has 3 rings (SSSR count). The SMILES string of the molecule is COC(=O)c1cccc([N+](=O)[O-])c1CN1CCN(c2ccccc2)CC1. The zero-order chi connectivity index (χ0) is 18.5. The number of hydrogen-bond acceptors (Lipinski definition) is 6. The van der Waals surface area contributed by atoms with Crippen LogP contribution < -0.4 is 4.90 Å². The number of nitro groups is 1. The lowest BCUT2D eigenvalue weighted by molar-refractivity contribution is -0.385. The molecular formula is C19H21N3O4. The molecule has 0 atom stereocenters. The highest BCUT2D eigenvalue weighted by atomic mass is 16.6. The van der Waals surface area contributed by atoms with Gasteiger partial charge in [-0.3, -0.25) is 15.0 Å². The van der Waals surface area contributed by atoms with E-state index in [0.717, 1.165) is 26.2 Å². The molecule has 0 aromatic heterocycles. The molecule has 2 aromatic carbocycles. The van der Waals surface area contributed by atoms with E-state index in [9.17, 15) is 14.9 Å². The number of carbonyl (C=O) groups excluding carboxylic acids is 1. The summed E-state index contributed by atoms with van der Waals surface area (Å²) in [5.74, 6) is -0.549. The highest BCUT2D eigenvalue weighted by Crippen LogP contribution is 2.26. The lowest BCUT2D eigenvalue weighted by atomic mass is 10.0. The highest BCUT2D eigenvalue weighted by Gasteiger charge is 2.25. The Labute approximate surface area is 151 Å². The number of esters is 1. The van der Waals surface area contributed by atoms with E-state index in [1.165, 1.54) is 24.9 Å². The number of rotatable bonds is 5.